The Hall–Kier alpha value is -0.0800. The van der Waals surface area contributed by atoms with Crippen LogP contribution in [0.4, 0.5) is 0 Å². The lowest BCUT2D eigenvalue weighted by atomic mass is 10.2. The van der Waals surface area contributed by atoms with E-state index in [2.05, 4.69) is 18.7 Å². The summed E-state index contributed by atoms with van der Waals surface area (Å²) in [5, 5.41) is 0. The van der Waals surface area contributed by atoms with Crippen molar-refractivity contribution < 1.29 is 4.74 Å². The topological polar surface area (TPSA) is 12.5 Å². The molecule has 1 atom stereocenters. The highest BCUT2D eigenvalue weighted by molar-refractivity contribution is 4.67. The van der Waals surface area contributed by atoms with Gasteiger partial charge in [0.1, 0.15) is 0 Å². The van der Waals surface area contributed by atoms with Crippen LogP contribution in [0.2, 0.25) is 0 Å². The molecule has 1 fully saturated rings. The Morgan fingerprint density at radius 3 is 2.91 bits per heavy atom. The molecule has 1 heterocycles. The van der Waals surface area contributed by atoms with Crippen LogP contribution in [0.3, 0.4) is 0 Å². The fourth-order valence-electron chi connectivity index (χ4n) is 1.46. The van der Waals surface area contributed by atoms with Gasteiger partial charge in [0, 0.05) is 25.7 Å². The molecule has 11 heavy (non-hydrogen) atoms. The number of hydrogen-bond donors (Lipinski definition) is 0. The van der Waals surface area contributed by atoms with Crippen molar-refractivity contribution in [2.24, 2.45) is 0 Å². The molecular formula is C9H19NO. The average molecular weight is 157 g/mol. The van der Waals surface area contributed by atoms with Gasteiger partial charge in [-0.2, -0.15) is 0 Å². The number of ether oxygens (including phenoxy) is 1. The first-order valence-electron chi connectivity index (χ1n) is 4.66. The molecule has 1 aliphatic heterocycles. The highest BCUT2D eigenvalue weighted by Gasteiger charge is 2.13. The summed E-state index contributed by atoms with van der Waals surface area (Å²) in [7, 11) is 0. The van der Waals surface area contributed by atoms with Crippen LogP contribution in [-0.4, -0.2) is 37.2 Å². The Balaban J connectivity index is 2.30. The summed E-state index contributed by atoms with van der Waals surface area (Å²) in [6, 6.07) is 0.733. The summed E-state index contributed by atoms with van der Waals surface area (Å²) < 4.78 is 5.38. The molecule has 1 rings (SSSR count). The van der Waals surface area contributed by atoms with Gasteiger partial charge in [-0.15, -0.1) is 0 Å². The van der Waals surface area contributed by atoms with Crippen molar-refractivity contribution in [1.82, 2.24) is 4.90 Å². The van der Waals surface area contributed by atoms with Crippen molar-refractivity contribution in [3.63, 3.8) is 0 Å². The van der Waals surface area contributed by atoms with Gasteiger partial charge in [0.05, 0.1) is 6.61 Å². The van der Waals surface area contributed by atoms with Crippen molar-refractivity contribution >= 4 is 0 Å². The van der Waals surface area contributed by atoms with E-state index in [0.29, 0.717) is 0 Å². The molecule has 0 aromatic carbocycles. The molecule has 0 bridgehead atoms. The Bertz CT molecular complexity index is 97.7. The van der Waals surface area contributed by atoms with Gasteiger partial charge in [-0.1, -0.05) is 6.92 Å². The SMILES string of the molecule is CCC(C)N1CCCOCC1. The lowest BCUT2D eigenvalue weighted by Crippen LogP contribution is -2.34. The maximum atomic E-state index is 5.38. The molecule has 1 unspecified atom stereocenters. The summed E-state index contributed by atoms with van der Waals surface area (Å²) in [6.45, 7) is 8.75. The van der Waals surface area contributed by atoms with Gasteiger partial charge < -0.3 is 4.74 Å². The molecule has 0 radical (unpaired) electrons. The monoisotopic (exact) mass is 157 g/mol. The molecule has 0 aromatic rings. The van der Waals surface area contributed by atoms with Crippen LogP contribution in [0.5, 0.6) is 0 Å². The molecule has 0 N–H and O–H groups in total. The molecular weight excluding hydrogens is 138 g/mol. The summed E-state index contributed by atoms with van der Waals surface area (Å²) in [6.07, 6.45) is 2.45. The fraction of sp³-hybridized carbons (Fsp3) is 1.00. The Labute approximate surface area is 69.5 Å². The van der Waals surface area contributed by atoms with Crippen molar-refractivity contribution in [2.75, 3.05) is 26.3 Å². The lowest BCUT2D eigenvalue weighted by molar-refractivity contribution is 0.133. The van der Waals surface area contributed by atoms with Gasteiger partial charge >= 0.3 is 0 Å². The molecule has 1 aliphatic rings. The maximum Gasteiger partial charge on any atom is 0.0593 e. The van der Waals surface area contributed by atoms with Crippen molar-refractivity contribution in [3.05, 3.63) is 0 Å². The van der Waals surface area contributed by atoms with Gasteiger partial charge in [-0.3, -0.25) is 4.90 Å². The van der Waals surface area contributed by atoms with Gasteiger partial charge in [-0.05, 0) is 19.8 Å². The minimum atomic E-state index is 0.733. The maximum absolute atomic E-state index is 5.38. The third-order valence-electron chi connectivity index (χ3n) is 2.47. The molecule has 0 saturated carbocycles. The lowest BCUT2D eigenvalue weighted by Gasteiger charge is -2.25. The first-order valence-corrected chi connectivity index (χ1v) is 4.66. The highest BCUT2D eigenvalue weighted by Crippen LogP contribution is 2.06. The van der Waals surface area contributed by atoms with Crippen LogP contribution in [-0.2, 0) is 4.74 Å². The Kier molecular flexibility index (Phi) is 3.87. The molecule has 0 aromatic heterocycles. The van der Waals surface area contributed by atoms with E-state index in [4.69, 9.17) is 4.74 Å². The largest absolute Gasteiger partial charge is 0.380 e. The van der Waals surface area contributed by atoms with Crippen LogP contribution in [0.25, 0.3) is 0 Å². The van der Waals surface area contributed by atoms with Crippen LogP contribution in [0, 0.1) is 0 Å². The van der Waals surface area contributed by atoms with Gasteiger partial charge in [0.25, 0.3) is 0 Å². The van der Waals surface area contributed by atoms with E-state index in [-0.39, 0.29) is 0 Å². The molecule has 2 nitrogen and oxygen atoms in total. The van der Waals surface area contributed by atoms with E-state index in [1.54, 1.807) is 0 Å². The van der Waals surface area contributed by atoms with Crippen molar-refractivity contribution in [3.8, 4) is 0 Å². The molecule has 0 aliphatic carbocycles. The van der Waals surface area contributed by atoms with E-state index in [9.17, 15) is 0 Å². The third-order valence-corrected chi connectivity index (χ3v) is 2.47. The van der Waals surface area contributed by atoms with E-state index in [1.165, 1.54) is 19.4 Å². The average Bonchev–Trinajstić information content (AvgIpc) is 2.30. The zero-order valence-corrected chi connectivity index (χ0v) is 7.68. The molecule has 0 amide bonds. The normalized spacial score (nSPS) is 24.5. The van der Waals surface area contributed by atoms with Gasteiger partial charge in [0.15, 0.2) is 0 Å². The Morgan fingerprint density at radius 1 is 1.36 bits per heavy atom. The van der Waals surface area contributed by atoms with Gasteiger partial charge in [-0.25, -0.2) is 0 Å². The number of hydrogen-bond acceptors (Lipinski definition) is 2. The summed E-state index contributed by atoms with van der Waals surface area (Å²) in [4.78, 5) is 2.52. The molecule has 0 spiro atoms. The number of nitrogens with zero attached hydrogens (tertiary/aromatic N) is 1. The van der Waals surface area contributed by atoms with Crippen LogP contribution in [0.1, 0.15) is 26.7 Å². The zero-order valence-electron chi connectivity index (χ0n) is 7.68. The number of rotatable bonds is 2. The van der Waals surface area contributed by atoms with Crippen LogP contribution in [0.15, 0.2) is 0 Å². The van der Waals surface area contributed by atoms with E-state index in [1.807, 2.05) is 0 Å². The second-order valence-electron chi connectivity index (χ2n) is 3.26. The van der Waals surface area contributed by atoms with E-state index >= 15 is 0 Å². The minimum Gasteiger partial charge on any atom is -0.380 e. The quantitative estimate of drug-likeness (QED) is 0.602. The van der Waals surface area contributed by atoms with Crippen molar-refractivity contribution in [1.29, 1.82) is 0 Å². The molecule has 2 heteroatoms. The third kappa shape index (κ3) is 2.80. The van der Waals surface area contributed by atoms with E-state index < -0.39 is 0 Å². The standard InChI is InChI=1S/C9H19NO/c1-3-9(2)10-5-4-7-11-8-6-10/h9H,3-8H2,1-2H3. The summed E-state index contributed by atoms with van der Waals surface area (Å²) in [5.41, 5.74) is 0. The Morgan fingerprint density at radius 2 is 2.18 bits per heavy atom. The predicted molar refractivity (Wildman–Crippen MR) is 46.8 cm³/mol. The second-order valence-corrected chi connectivity index (χ2v) is 3.26. The predicted octanol–water partition coefficient (Wildman–Crippen LogP) is 1.51. The zero-order chi connectivity index (χ0) is 8.10. The van der Waals surface area contributed by atoms with Crippen LogP contribution >= 0.6 is 0 Å². The van der Waals surface area contributed by atoms with Gasteiger partial charge in [0.2, 0.25) is 0 Å². The molecule has 66 valence electrons. The van der Waals surface area contributed by atoms with E-state index in [0.717, 1.165) is 25.8 Å². The summed E-state index contributed by atoms with van der Waals surface area (Å²) in [5.74, 6) is 0. The molecule has 1 saturated heterocycles. The van der Waals surface area contributed by atoms with Crippen LogP contribution < -0.4 is 0 Å². The fourth-order valence-corrected chi connectivity index (χ4v) is 1.46. The smallest absolute Gasteiger partial charge is 0.0593 e. The van der Waals surface area contributed by atoms with Crippen molar-refractivity contribution in [2.45, 2.75) is 32.7 Å². The second kappa shape index (κ2) is 4.73. The summed E-state index contributed by atoms with van der Waals surface area (Å²) >= 11 is 0. The highest BCUT2D eigenvalue weighted by atomic mass is 16.5. The first-order chi connectivity index (χ1) is 5.34. The minimum absolute atomic E-state index is 0.733. The first kappa shape index (κ1) is 9.01.